The summed E-state index contributed by atoms with van der Waals surface area (Å²) < 4.78 is 12.8. The van der Waals surface area contributed by atoms with E-state index in [-0.39, 0.29) is 11.3 Å². The fourth-order valence-corrected chi connectivity index (χ4v) is 3.73. The van der Waals surface area contributed by atoms with Gasteiger partial charge in [-0.15, -0.1) is 0 Å². The molecule has 33 heavy (non-hydrogen) atoms. The molecule has 0 aliphatic rings. The molecule has 4 aromatic rings. The van der Waals surface area contributed by atoms with Crippen LogP contribution in [0.3, 0.4) is 0 Å². The maximum atomic E-state index is 13.7. The van der Waals surface area contributed by atoms with Crippen molar-refractivity contribution in [3.63, 3.8) is 0 Å². The van der Waals surface area contributed by atoms with Gasteiger partial charge in [0.15, 0.2) is 11.5 Å². The predicted molar refractivity (Wildman–Crippen MR) is 131 cm³/mol. The Hall–Kier alpha value is -4.06. The van der Waals surface area contributed by atoms with Crippen molar-refractivity contribution in [3.05, 3.63) is 88.0 Å². The highest BCUT2D eigenvalue weighted by Crippen LogP contribution is 2.31. The van der Waals surface area contributed by atoms with Crippen molar-refractivity contribution in [2.24, 2.45) is 0 Å². The lowest BCUT2D eigenvalue weighted by Gasteiger charge is -2.18. The van der Waals surface area contributed by atoms with Crippen LogP contribution in [0, 0.1) is 6.92 Å². The molecule has 168 valence electrons. The Morgan fingerprint density at radius 3 is 2.55 bits per heavy atom. The number of hydrogen-bond acceptors (Lipinski definition) is 5. The molecule has 0 saturated carbocycles. The molecule has 0 atom stereocenters. The maximum Gasteiger partial charge on any atom is 0.266 e. The number of fused-ring (bicyclic) bond motifs is 1. The molecular weight excluding hydrogens is 416 g/mol. The van der Waals surface area contributed by atoms with Crippen molar-refractivity contribution < 1.29 is 14.6 Å². The second-order valence-corrected chi connectivity index (χ2v) is 7.63. The van der Waals surface area contributed by atoms with Crippen molar-refractivity contribution in [1.82, 2.24) is 9.55 Å². The molecular formula is C27H26N2O4. The fraction of sp³-hybridized carbons (Fsp3) is 0.185. The van der Waals surface area contributed by atoms with Gasteiger partial charge in [-0.25, -0.2) is 4.98 Å². The van der Waals surface area contributed by atoms with E-state index in [0.29, 0.717) is 46.1 Å². The van der Waals surface area contributed by atoms with Gasteiger partial charge in [-0.05, 0) is 55.3 Å². The van der Waals surface area contributed by atoms with Crippen LogP contribution in [-0.4, -0.2) is 28.4 Å². The Balaban J connectivity index is 1.97. The van der Waals surface area contributed by atoms with Crippen molar-refractivity contribution in [2.75, 3.05) is 13.7 Å². The van der Waals surface area contributed by atoms with Crippen LogP contribution in [-0.2, 0) is 0 Å². The Morgan fingerprint density at radius 1 is 1.00 bits per heavy atom. The van der Waals surface area contributed by atoms with Crippen LogP contribution in [0.25, 0.3) is 28.7 Å². The van der Waals surface area contributed by atoms with E-state index >= 15 is 0 Å². The Morgan fingerprint density at radius 2 is 1.76 bits per heavy atom. The number of aromatic hydroxyl groups is 1. The zero-order valence-electron chi connectivity index (χ0n) is 18.9. The number of methoxy groups -OCH3 is 1. The zero-order chi connectivity index (χ0) is 23.4. The standard InChI is InChI=1S/C27H26N2O4/c1-4-17-33-22-13-7-9-18(2)25(22)29-24(28-21-12-6-5-11-20(21)27(29)31)16-15-19-10-8-14-23(32-3)26(19)30/h5-16,30H,4,17H2,1-3H3/b16-15+. The second-order valence-electron chi connectivity index (χ2n) is 7.63. The van der Waals surface area contributed by atoms with E-state index in [1.54, 1.807) is 41.0 Å². The molecule has 6 heteroatoms. The maximum absolute atomic E-state index is 13.7. The van der Waals surface area contributed by atoms with E-state index < -0.39 is 0 Å². The molecule has 0 spiro atoms. The molecule has 0 saturated heterocycles. The largest absolute Gasteiger partial charge is 0.504 e. The van der Waals surface area contributed by atoms with Gasteiger partial charge in [0.05, 0.1) is 30.3 Å². The van der Waals surface area contributed by atoms with E-state index in [1.165, 1.54) is 7.11 Å². The van der Waals surface area contributed by atoms with Crippen LogP contribution in [0.2, 0.25) is 0 Å². The molecule has 0 amide bonds. The van der Waals surface area contributed by atoms with Gasteiger partial charge in [-0.2, -0.15) is 0 Å². The summed E-state index contributed by atoms with van der Waals surface area (Å²) in [6.07, 6.45) is 4.29. The first kappa shape index (κ1) is 22.1. The summed E-state index contributed by atoms with van der Waals surface area (Å²) in [4.78, 5) is 18.4. The van der Waals surface area contributed by atoms with Crippen LogP contribution in [0.1, 0.15) is 30.3 Å². The van der Waals surface area contributed by atoms with Crippen LogP contribution in [0.15, 0.2) is 65.5 Å². The van der Waals surface area contributed by atoms with Gasteiger partial charge >= 0.3 is 0 Å². The van der Waals surface area contributed by atoms with Crippen molar-refractivity contribution >= 4 is 23.1 Å². The molecule has 0 bridgehead atoms. The normalized spacial score (nSPS) is 11.2. The summed E-state index contributed by atoms with van der Waals surface area (Å²) in [7, 11) is 1.50. The van der Waals surface area contributed by atoms with E-state index in [0.717, 1.165) is 12.0 Å². The summed E-state index contributed by atoms with van der Waals surface area (Å²) in [5.74, 6) is 1.44. The Labute approximate surface area is 192 Å². The number of aromatic nitrogens is 2. The van der Waals surface area contributed by atoms with Crippen LogP contribution in [0.5, 0.6) is 17.2 Å². The molecule has 1 aromatic heterocycles. The highest BCUT2D eigenvalue weighted by molar-refractivity contribution is 5.81. The first-order chi connectivity index (χ1) is 16.0. The summed E-state index contributed by atoms with van der Waals surface area (Å²) >= 11 is 0. The minimum Gasteiger partial charge on any atom is -0.504 e. The number of aryl methyl sites for hydroxylation is 1. The third-order valence-corrected chi connectivity index (χ3v) is 5.35. The van der Waals surface area contributed by atoms with Gasteiger partial charge in [0, 0.05) is 5.56 Å². The highest BCUT2D eigenvalue weighted by atomic mass is 16.5. The number of phenolic OH excluding ortho intramolecular Hbond substituents is 1. The summed E-state index contributed by atoms with van der Waals surface area (Å²) in [5, 5.41) is 11.0. The molecule has 1 heterocycles. The third kappa shape index (κ3) is 4.32. The smallest absolute Gasteiger partial charge is 0.266 e. The molecule has 6 nitrogen and oxygen atoms in total. The average Bonchev–Trinajstić information content (AvgIpc) is 2.83. The molecule has 0 aliphatic heterocycles. The number of nitrogens with zero attached hydrogens (tertiary/aromatic N) is 2. The molecule has 1 N–H and O–H groups in total. The number of hydrogen-bond donors (Lipinski definition) is 1. The third-order valence-electron chi connectivity index (χ3n) is 5.35. The molecule has 0 aliphatic carbocycles. The van der Waals surface area contributed by atoms with Crippen LogP contribution < -0.4 is 15.0 Å². The second kappa shape index (κ2) is 9.61. The van der Waals surface area contributed by atoms with E-state index in [4.69, 9.17) is 14.5 Å². The number of rotatable bonds is 7. The van der Waals surface area contributed by atoms with E-state index in [9.17, 15) is 9.90 Å². The van der Waals surface area contributed by atoms with E-state index in [1.807, 2.05) is 50.2 Å². The first-order valence-electron chi connectivity index (χ1n) is 10.8. The number of benzene rings is 3. The minimum atomic E-state index is -0.189. The monoisotopic (exact) mass is 442 g/mol. The zero-order valence-corrected chi connectivity index (χ0v) is 18.9. The fourth-order valence-electron chi connectivity index (χ4n) is 3.73. The first-order valence-corrected chi connectivity index (χ1v) is 10.8. The lowest BCUT2D eigenvalue weighted by molar-refractivity contribution is 0.316. The van der Waals surface area contributed by atoms with Crippen molar-refractivity contribution in [2.45, 2.75) is 20.3 Å². The van der Waals surface area contributed by atoms with Gasteiger partial charge in [-0.3, -0.25) is 9.36 Å². The van der Waals surface area contributed by atoms with Gasteiger partial charge < -0.3 is 14.6 Å². The molecule has 3 aromatic carbocycles. The molecule has 0 fully saturated rings. The summed E-state index contributed by atoms with van der Waals surface area (Å²) in [5.41, 5.74) is 2.50. The van der Waals surface area contributed by atoms with Crippen LogP contribution in [0.4, 0.5) is 0 Å². The van der Waals surface area contributed by atoms with E-state index in [2.05, 4.69) is 0 Å². The van der Waals surface area contributed by atoms with Crippen molar-refractivity contribution in [1.29, 1.82) is 0 Å². The highest BCUT2D eigenvalue weighted by Gasteiger charge is 2.17. The van der Waals surface area contributed by atoms with Gasteiger partial charge in [0.25, 0.3) is 5.56 Å². The minimum absolute atomic E-state index is 0.0220. The molecule has 0 radical (unpaired) electrons. The summed E-state index contributed by atoms with van der Waals surface area (Å²) in [6, 6.07) is 18.2. The van der Waals surface area contributed by atoms with Crippen LogP contribution >= 0.6 is 0 Å². The van der Waals surface area contributed by atoms with Gasteiger partial charge in [-0.1, -0.05) is 43.3 Å². The lowest BCUT2D eigenvalue weighted by atomic mass is 10.1. The quantitative estimate of drug-likeness (QED) is 0.417. The molecule has 0 unspecified atom stereocenters. The average molecular weight is 443 g/mol. The van der Waals surface area contributed by atoms with Gasteiger partial charge in [0.1, 0.15) is 11.6 Å². The Bertz CT molecular complexity index is 1390. The van der Waals surface area contributed by atoms with Crippen molar-refractivity contribution in [3.8, 4) is 22.9 Å². The van der Waals surface area contributed by atoms with Gasteiger partial charge in [0.2, 0.25) is 0 Å². The SMILES string of the molecule is CCCOc1cccc(C)c1-n1c(/C=C/c2cccc(OC)c2O)nc2ccccc2c1=O. The number of ether oxygens (including phenoxy) is 2. The number of para-hydroxylation sites is 3. The lowest BCUT2D eigenvalue weighted by Crippen LogP contribution is -2.23. The number of phenols is 1. The summed E-state index contributed by atoms with van der Waals surface area (Å²) in [6.45, 7) is 4.51. The predicted octanol–water partition coefficient (Wildman–Crippen LogP) is 5.37. The Kier molecular flexibility index (Phi) is 6.45. The topological polar surface area (TPSA) is 73.6 Å². The molecule has 4 rings (SSSR count).